The largest absolute Gasteiger partial charge is 0.307 e. The summed E-state index contributed by atoms with van der Waals surface area (Å²) >= 11 is 0. The van der Waals surface area contributed by atoms with E-state index in [0.29, 0.717) is 5.54 Å². The van der Waals surface area contributed by atoms with E-state index in [-0.39, 0.29) is 0 Å². The molecule has 0 aromatic rings. The highest BCUT2D eigenvalue weighted by atomic mass is 15.1. The van der Waals surface area contributed by atoms with Gasteiger partial charge in [0.2, 0.25) is 0 Å². The van der Waals surface area contributed by atoms with Crippen LogP contribution in [-0.2, 0) is 0 Å². The van der Waals surface area contributed by atoms with Crippen LogP contribution in [0.5, 0.6) is 0 Å². The van der Waals surface area contributed by atoms with Gasteiger partial charge in [0.15, 0.2) is 0 Å². The Morgan fingerprint density at radius 2 is 2.19 bits per heavy atom. The Kier molecular flexibility index (Phi) is 2.67. The number of hydrogen-bond acceptors (Lipinski definition) is 1. The zero-order valence-corrected chi connectivity index (χ0v) is 10.3. The number of allylic oxidation sites excluding steroid dienone is 2. The number of hydrogen-bond donors (Lipinski definition) is 1. The van der Waals surface area contributed by atoms with E-state index >= 15 is 0 Å². The molecule has 2 saturated heterocycles. The minimum Gasteiger partial charge on any atom is -0.307 e. The lowest BCUT2D eigenvalue weighted by atomic mass is 9.73. The number of rotatable bonds is 3. The molecule has 0 spiro atoms. The fraction of sp³-hybridized carbons (Fsp3) is 0.733. The molecule has 1 N–H and O–H groups in total. The highest BCUT2D eigenvalue weighted by molar-refractivity contribution is 5.22. The predicted molar refractivity (Wildman–Crippen MR) is 68.3 cm³/mol. The van der Waals surface area contributed by atoms with Crippen LogP contribution in [-0.4, -0.2) is 11.6 Å². The summed E-state index contributed by atoms with van der Waals surface area (Å²) in [5.74, 6) is 1.56. The van der Waals surface area contributed by atoms with Crippen molar-refractivity contribution in [3.8, 4) is 0 Å². The highest BCUT2D eigenvalue weighted by Gasteiger charge is 2.49. The van der Waals surface area contributed by atoms with Gasteiger partial charge in [-0.05, 0) is 37.5 Å². The van der Waals surface area contributed by atoms with Gasteiger partial charge in [-0.15, -0.1) is 0 Å². The van der Waals surface area contributed by atoms with Crippen molar-refractivity contribution >= 4 is 0 Å². The van der Waals surface area contributed by atoms with Gasteiger partial charge in [0.25, 0.3) is 0 Å². The van der Waals surface area contributed by atoms with Gasteiger partial charge in [0.1, 0.15) is 0 Å². The number of unbranched alkanes of at least 4 members (excludes halogenated alkanes) is 1. The average molecular weight is 217 g/mol. The molecule has 3 aliphatic rings. The molecule has 1 nitrogen and oxygen atoms in total. The maximum atomic E-state index is 3.98. The van der Waals surface area contributed by atoms with Crippen molar-refractivity contribution in [1.82, 2.24) is 5.32 Å². The van der Waals surface area contributed by atoms with Gasteiger partial charge in [0.05, 0.1) is 0 Å². The molecular formula is C15H23N. The summed E-state index contributed by atoms with van der Waals surface area (Å²) < 4.78 is 0. The van der Waals surface area contributed by atoms with Crippen molar-refractivity contribution in [2.75, 3.05) is 0 Å². The lowest BCUT2D eigenvalue weighted by molar-refractivity contribution is 0.169. The van der Waals surface area contributed by atoms with Crippen LogP contribution in [0.4, 0.5) is 0 Å². The third-order valence-corrected chi connectivity index (χ3v) is 4.92. The fourth-order valence-electron chi connectivity index (χ4n) is 3.98. The van der Waals surface area contributed by atoms with E-state index in [4.69, 9.17) is 0 Å². The van der Waals surface area contributed by atoms with Crippen LogP contribution >= 0.6 is 0 Å². The van der Waals surface area contributed by atoms with Crippen molar-refractivity contribution in [2.24, 2.45) is 11.8 Å². The molecular weight excluding hydrogens is 194 g/mol. The molecule has 16 heavy (non-hydrogen) atoms. The van der Waals surface area contributed by atoms with Crippen LogP contribution < -0.4 is 5.32 Å². The van der Waals surface area contributed by atoms with Gasteiger partial charge >= 0.3 is 0 Å². The first-order valence-electron chi connectivity index (χ1n) is 6.97. The van der Waals surface area contributed by atoms with Crippen LogP contribution in [0.3, 0.4) is 0 Å². The number of fused-ring (bicyclic) bond motifs is 6. The summed E-state index contributed by atoms with van der Waals surface area (Å²) in [6.07, 6.45) is 17.7. The third kappa shape index (κ3) is 1.57. The van der Waals surface area contributed by atoms with E-state index in [1.165, 1.54) is 38.5 Å². The second-order valence-electron chi connectivity index (χ2n) is 5.83. The summed E-state index contributed by atoms with van der Waals surface area (Å²) in [6, 6.07) is 0.768. The van der Waals surface area contributed by atoms with Gasteiger partial charge < -0.3 is 5.32 Å². The number of piperidine rings is 1. The summed E-state index contributed by atoms with van der Waals surface area (Å²) in [7, 11) is 0. The molecule has 0 amide bonds. The summed E-state index contributed by atoms with van der Waals surface area (Å²) in [5.41, 5.74) is 0.458. The van der Waals surface area contributed by atoms with Crippen molar-refractivity contribution < 1.29 is 0 Å². The molecule has 0 aromatic carbocycles. The van der Waals surface area contributed by atoms with Crippen LogP contribution in [0.2, 0.25) is 0 Å². The minimum atomic E-state index is 0.458. The molecule has 2 aliphatic heterocycles. The first-order chi connectivity index (χ1) is 7.84. The van der Waals surface area contributed by atoms with Crippen molar-refractivity contribution in [1.29, 1.82) is 0 Å². The van der Waals surface area contributed by atoms with Gasteiger partial charge in [0, 0.05) is 11.6 Å². The Hall–Kier alpha value is -0.560. The lowest BCUT2D eigenvalue weighted by Gasteiger charge is -2.43. The quantitative estimate of drug-likeness (QED) is 0.763. The van der Waals surface area contributed by atoms with Crippen molar-refractivity contribution in [3.05, 3.63) is 24.3 Å². The average Bonchev–Trinajstić information content (AvgIpc) is 2.54. The molecule has 3 rings (SSSR count). The van der Waals surface area contributed by atoms with Crippen LogP contribution in [0.1, 0.15) is 45.4 Å². The second-order valence-corrected chi connectivity index (χ2v) is 5.83. The predicted octanol–water partition coefficient (Wildman–Crippen LogP) is 3.43. The summed E-state index contributed by atoms with van der Waals surface area (Å²) in [5, 5.41) is 3.98. The topological polar surface area (TPSA) is 12.0 Å². The van der Waals surface area contributed by atoms with Crippen molar-refractivity contribution in [2.45, 2.75) is 57.0 Å². The number of nitrogens with one attached hydrogen (secondary N) is 1. The SMILES string of the molecule is CCCC[C@@]12CC[C@@H](N1)[C@H]1C=CC=C[C@@H]2C1. The van der Waals surface area contributed by atoms with Gasteiger partial charge in [-0.2, -0.15) is 0 Å². The summed E-state index contributed by atoms with van der Waals surface area (Å²) in [6.45, 7) is 2.30. The van der Waals surface area contributed by atoms with Crippen LogP contribution in [0.25, 0.3) is 0 Å². The van der Waals surface area contributed by atoms with E-state index in [9.17, 15) is 0 Å². The Morgan fingerprint density at radius 1 is 1.31 bits per heavy atom. The monoisotopic (exact) mass is 217 g/mol. The maximum Gasteiger partial charge on any atom is 0.0247 e. The van der Waals surface area contributed by atoms with Gasteiger partial charge in [-0.25, -0.2) is 0 Å². The fourth-order valence-corrected chi connectivity index (χ4v) is 3.98. The smallest absolute Gasteiger partial charge is 0.0247 e. The molecule has 4 bridgehead atoms. The van der Waals surface area contributed by atoms with E-state index in [1.807, 2.05) is 0 Å². The minimum absolute atomic E-state index is 0.458. The molecule has 0 unspecified atom stereocenters. The maximum absolute atomic E-state index is 3.98. The molecule has 0 aromatic heterocycles. The van der Waals surface area contributed by atoms with E-state index in [1.54, 1.807) is 0 Å². The second kappa shape index (κ2) is 4.03. The molecule has 0 radical (unpaired) electrons. The molecule has 0 saturated carbocycles. The Bertz CT molecular complexity index is 317. The van der Waals surface area contributed by atoms with Crippen LogP contribution in [0.15, 0.2) is 24.3 Å². The van der Waals surface area contributed by atoms with Gasteiger partial charge in [-0.1, -0.05) is 44.1 Å². The van der Waals surface area contributed by atoms with Crippen LogP contribution in [0, 0.1) is 11.8 Å². The normalized spacial score (nSPS) is 44.7. The summed E-state index contributed by atoms with van der Waals surface area (Å²) in [4.78, 5) is 0. The molecule has 4 atom stereocenters. The Morgan fingerprint density at radius 3 is 3.06 bits per heavy atom. The van der Waals surface area contributed by atoms with E-state index in [0.717, 1.165) is 17.9 Å². The zero-order valence-electron chi connectivity index (χ0n) is 10.3. The Labute approximate surface area is 99.0 Å². The highest BCUT2D eigenvalue weighted by Crippen LogP contribution is 2.47. The molecule has 2 heterocycles. The lowest BCUT2D eigenvalue weighted by Crippen LogP contribution is -2.54. The zero-order chi connectivity index (χ0) is 11.0. The van der Waals surface area contributed by atoms with E-state index in [2.05, 4.69) is 36.5 Å². The van der Waals surface area contributed by atoms with Gasteiger partial charge in [-0.3, -0.25) is 0 Å². The molecule has 2 fully saturated rings. The Balaban J connectivity index is 1.85. The standard InChI is InChI=1S/C15H23N/c1-2-3-9-15-10-8-14(16-15)12-6-4-5-7-13(15)11-12/h4-7,12-14,16H,2-3,8-11H2,1H3/t12-,13+,14+,15-/m0/s1. The van der Waals surface area contributed by atoms with E-state index < -0.39 is 0 Å². The first kappa shape index (κ1) is 10.6. The third-order valence-electron chi connectivity index (χ3n) is 4.92. The first-order valence-corrected chi connectivity index (χ1v) is 6.97. The molecule has 88 valence electrons. The molecule has 1 heteroatoms. The van der Waals surface area contributed by atoms with Crippen molar-refractivity contribution in [3.63, 3.8) is 0 Å². The molecule has 1 aliphatic carbocycles.